The second kappa shape index (κ2) is 5.38. The zero-order valence-corrected chi connectivity index (χ0v) is 13.0. The quantitative estimate of drug-likeness (QED) is 0.696. The molecular weight excluding hydrogens is 343 g/mol. The number of ether oxygens (including phenoxy) is 1. The van der Waals surface area contributed by atoms with Crippen LogP contribution in [0.4, 0.5) is 4.39 Å². The van der Waals surface area contributed by atoms with Crippen LogP contribution in [0.2, 0.25) is 5.02 Å². The molecule has 0 saturated heterocycles. The van der Waals surface area contributed by atoms with Crippen molar-refractivity contribution >= 4 is 27.5 Å². The molecule has 3 rings (SSSR count). The Morgan fingerprint density at radius 3 is 2.80 bits per heavy atom. The maximum absolute atomic E-state index is 13.4. The largest absolute Gasteiger partial charge is 0.482 e. The summed E-state index contributed by atoms with van der Waals surface area (Å²) in [5.41, 5.74) is 1.33. The molecule has 1 atom stereocenters. The molecule has 0 fully saturated rings. The zero-order valence-electron chi connectivity index (χ0n) is 10.7. The summed E-state index contributed by atoms with van der Waals surface area (Å²) in [5.74, 6) is 0.508. The van der Waals surface area contributed by atoms with E-state index >= 15 is 0 Å². The molecule has 0 aromatic heterocycles. The first kappa shape index (κ1) is 13.9. The van der Waals surface area contributed by atoms with Gasteiger partial charge in [-0.15, -0.1) is 0 Å². The van der Waals surface area contributed by atoms with E-state index in [-0.39, 0.29) is 5.82 Å². The van der Waals surface area contributed by atoms with Gasteiger partial charge < -0.3 is 4.74 Å². The van der Waals surface area contributed by atoms with E-state index in [1.807, 2.05) is 24.3 Å². The van der Waals surface area contributed by atoms with Gasteiger partial charge in [-0.1, -0.05) is 45.7 Å². The van der Waals surface area contributed by atoms with E-state index in [0.717, 1.165) is 28.6 Å². The molecule has 4 heteroatoms. The molecule has 0 N–H and O–H groups in total. The van der Waals surface area contributed by atoms with Crippen molar-refractivity contribution in [3.63, 3.8) is 0 Å². The lowest BCUT2D eigenvalue weighted by Crippen LogP contribution is -2.32. The summed E-state index contributed by atoms with van der Waals surface area (Å²) < 4.78 is 19.6. The minimum absolute atomic E-state index is 0.235. The molecule has 104 valence electrons. The SMILES string of the molecule is Fc1ccc2c(c1)C[C@@](CCBr)(c1ccccc1Cl)O2. The highest BCUT2D eigenvalue weighted by molar-refractivity contribution is 9.09. The van der Waals surface area contributed by atoms with Gasteiger partial charge in [0.2, 0.25) is 0 Å². The normalized spacial score (nSPS) is 20.6. The van der Waals surface area contributed by atoms with E-state index in [9.17, 15) is 4.39 Å². The van der Waals surface area contributed by atoms with Crippen molar-refractivity contribution in [2.45, 2.75) is 18.4 Å². The molecule has 0 unspecified atom stereocenters. The van der Waals surface area contributed by atoms with Gasteiger partial charge in [-0.2, -0.15) is 0 Å². The fourth-order valence-corrected chi connectivity index (χ4v) is 3.70. The summed E-state index contributed by atoms with van der Waals surface area (Å²) in [5, 5.41) is 1.47. The van der Waals surface area contributed by atoms with E-state index in [1.165, 1.54) is 6.07 Å². The van der Waals surface area contributed by atoms with E-state index in [1.54, 1.807) is 12.1 Å². The van der Waals surface area contributed by atoms with Gasteiger partial charge in [-0.05, 0) is 24.3 Å². The molecule has 0 radical (unpaired) electrons. The fraction of sp³-hybridized carbons (Fsp3) is 0.250. The third kappa shape index (κ3) is 2.33. The highest BCUT2D eigenvalue weighted by atomic mass is 79.9. The molecule has 0 amide bonds. The van der Waals surface area contributed by atoms with Gasteiger partial charge >= 0.3 is 0 Å². The molecule has 0 saturated carbocycles. The van der Waals surface area contributed by atoms with Crippen LogP contribution in [-0.4, -0.2) is 5.33 Å². The maximum atomic E-state index is 13.4. The van der Waals surface area contributed by atoms with Crippen LogP contribution in [0, 0.1) is 5.82 Å². The first-order chi connectivity index (χ1) is 9.64. The van der Waals surface area contributed by atoms with Gasteiger partial charge in [-0.25, -0.2) is 4.39 Å². The summed E-state index contributed by atoms with van der Waals surface area (Å²) in [6.07, 6.45) is 1.41. The molecular formula is C16H13BrClFO. The number of hydrogen-bond acceptors (Lipinski definition) is 1. The molecule has 1 aliphatic rings. The average Bonchev–Trinajstić information content (AvgIpc) is 2.78. The predicted octanol–water partition coefficient (Wildman–Crippen LogP) is 5.09. The van der Waals surface area contributed by atoms with Crippen LogP contribution < -0.4 is 4.74 Å². The van der Waals surface area contributed by atoms with Crippen molar-refractivity contribution in [2.24, 2.45) is 0 Å². The van der Waals surface area contributed by atoms with Crippen molar-refractivity contribution in [1.82, 2.24) is 0 Å². The smallest absolute Gasteiger partial charge is 0.140 e. The highest BCUT2D eigenvalue weighted by Crippen LogP contribution is 2.46. The number of alkyl halides is 1. The standard InChI is InChI=1S/C16H13BrClFO/c17-8-7-16(13-3-1-2-4-14(13)18)10-11-9-12(19)5-6-15(11)20-16/h1-6,9H,7-8,10H2/t16-/m0/s1. The molecule has 0 bridgehead atoms. The van der Waals surface area contributed by atoms with Crippen LogP contribution in [0.15, 0.2) is 42.5 Å². The summed E-state index contributed by atoms with van der Waals surface area (Å²) in [7, 11) is 0. The number of hydrogen-bond donors (Lipinski definition) is 0. The van der Waals surface area contributed by atoms with Crippen molar-refractivity contribution < 1.29 is 9.13 Å². The van der Waals surface area contributed by atoms with Crippen LogP contribution in [0.3, 0.4) is 0 Å². The lowest BCUT2D eigenvalue weighted by molar-refractivity contribution is 0.0903. The van der Waals surface area contributed by atoms with Crippen LogP contribution in [0.1, 0.15) is 17.5 Å². The molecule has 1 aliphatic heterocycles. The summed E-state index contributed by atoms with van der Waals surface area (Å²) >= 11 is 9.81. The van der Waals surface area contributed by atoms with E-state index in [4.69, 9.17) is 16.3 Å². The van der Waals surface area contributed by atoms with E-state index < -0.39 is 5.60 Å². The van der Waals surface area contributed by atoms with Crippen molar-refractivity contribution in [1.29, 1.82) is 0 Å². The number of halogens is 3. The Labute approximate surface area is 130 Å². The molecule has 2 aromatic rings. The molecule has 2 aromatic carbocycles. The van der Waals surface area contributed by atoms with Gasteiger partial charge in [0.1, 0.15) is 17.2 Å². The fourth-order valence-electron chi connectivity index (χ4n) is 2.75. The topological polar surface area (TPSA) is 9.23 Å². The van der Waals surface area contributed by atoms with Gasteiger partial charge in [-0.3, -0.25) is 0 Å². The Balaban J connectivity index is 2.07. The molecule has 1 nitrogen and oxygen atoms in total. The third-order valence-electron chi connectivity index (χ3n) is 3.67. The highest BCUT2D eigenvalue weighted by Gasteiger charge is 2.41. The predicted molar refractivity (Wildman–Crippen MR) is 82.3 cm³/mol. The van der Waals surface area contributed by atoms with Crippen molar-refractivity contribution in [2.75, 3.05) is 5.33 Å². The molecule has 1 heterocycles. The van der Waals surface area contributed by atoms with E-state index in [2.05, 4.69) is 15.9 Å². The minimum atomic E-state index is -0.516. The number of fused-ring (bicyclic) bond motifs is 1. The van der Waals surface area contributed by atoms with E-state index in [0.29, 0.717) is 11.4 Å². The van der Waals surface area contributed by atoms with Crippen LogP contribution >= 0.6 is 27.5 Å². The van der Waals surface area contributed by atoms with Crippen LogP contribution in [-0.2, 0) is 12.0 Å². The monoisotopic (exact) mass is 354 g/mol. The molecule has 0 aliphatic carbocycles. The Kier molecular flexibility index (Phi) is 3.74. The Morgan fingerprint density at radius 2 is 2.05 bits per heavy atom. The Hall–Kier alpha value is -1.06. The Morgan fingerprint density at radius 1 is 1.25 bits per heavy atom. The molecule has 20 heavy (non-hydrogen) atoms. The average molecular weight is 356 g/mol. The second-order valence-corrected chi connectivity index (χ2v) is 6.14. The Bertz CT molecular complexity index is 646. The van der Waals surface area contributed by atoms with Crippen LogP contribution in [0.25, 0.3) is 0 Å². The van der Waals surface area contributed by atoms with Crippen molar-refractivity contribution in [3.8, 4) is 5.75 Å². The molecule has 0 spiro atoms. The van der Waals surface area contributed by atoms with Gasteiger partial charge in [0.15, 0.2) is 0 Å². The first-order valence-electron chi connectivity index (χ1n) is 6.43. The summed E-state index contributed by atoms with van der Waals surface area (Å²) in [6.45, 7) is 0. The summed E-state index contributed by atoms with van der Waals surface area (Å²) in [4.78, 5) is 0. The lowest BCUT2D eigenvalue weighted by Gasteiger charge is -2.29. The third-order valence-corrected chi connectivity index (χ3v) is 4.39. The maximum Gasteiger partial charge on any atom is 0.140 e. The second-order valence-electron chi connectivity index (χ2n) is 4.94. The summed E-state index contributed by atoms with van der Waals surface area (Å²) in [6, 6.07) is 12.3. The first-order valence-corrected chi connectivity index (χ1v) is 7.93. The van der Waals surface area contributed by atoms with Crippen molar-refractivity contribution in [3.05, 3.63) is 64.4 Å². The lowest BCUT2D eigenvalue weighted by atomic mass is 9.87. The van der Waals surface area contributed by atoms with Gasteiger partial charge in [0.05, 0.1) is 0 Å². The van der Waals surface area contributed by atoms with Gasteiger partial charge in [0.25, 0.3) is 0 Å². The van der Waals surface area contributed by atoms with Crippen LogP contribution in [0.5, 0.6) is 5.75 Å². The number of rotatable bonds is 3. The van der Waals surface area contributed by atoms with Gasteiger partial charge in [0, 0.05) is 34.3 Å². The minimum Gasteiger partial charge on any atom is -0.482 e. The zero-order chi connectivity index (χ0) is 14.2. The number of benzene rings is 2.